The number of benzene rings is 2. The summed E-state index contributed by atoms with van der Waals surface area (Å²) in [5.74, 6) is 0.392. The van der Waals surface area contributed by atoms with Gasteiger partial charge in [-0.3, -0.25) is 4.57 Å². The van der Waals surface area contributed by atoms with Crippen molar-refractivity contribution in [3.05, 3.63) is 53.6 Å². The summed E-state index contributed by atoms with van der Waals surface area (Å²) >= 11 is 0. The minimum atomic E-state index is 0.392. The number of fused-ring (bicyclic) bond motifs is 1. The van der Waals surface area contributed by atoms with Crippen LogP contribution < -0.4 is 5.73 Å². The maximum absolute atomic E-state index is 9.20. The highest BCUT2D eigenvalue weighted by Crippen LogP contribution is 2.25. The summed E-state index contributed by atoms with van der Waals surface area (Å²) in [6.45, 7) is 2.01. The molecule has 0 radical (unpaired) electrons. The zero-order valence-corrected chi connectivity index (χ0v) is 10.5. The highest BCUT2D eigenvalue weighted by molar-refractivity contribution is 5.82. The molecule has 0 spiro atoms. The third kappa shape index (κ3) is 1.72. The summed E-state index contributed by atoms with van der Waals surface area (Å²) in [6, 6.07) is 15.5. The fourth-order valence-electron chi connectivity index (χ4n) is 2.23. The Morgan fingerprint density at radius 3 is 2.79 bits per heavy atom. The van der Waals surface area contributed by atoms with Gasteiger partial charge in [-0.15, -0.1) is 0 Å². The van der Waals surface area contributed by atoms with E-state index >= 15 is 0 Å². The van der Waals surface area contributed by atoms with Gasteiger partial charge >= 0.3 is 0 Å². The number of hydrogen-bond donors (Lipinski definition) is 1. The smallest absolute Gasteiger partial charge is 0.205 e. The number of aromatic nitrogens is 2. The van der Waals surface area contributed by atoms with Crippen LogP contribution in [0.2, 0.25) is 0 Å². The molecule has 0 aliphatic heterocycles. The molecule has 4 nitrogen and oxygen atoms in total. The van der Waals surface area contributed by atoms with Crippen LogP contribution >= 0.6 is 0 Å². The van der Waals surface area contributed by atoms with Gasteiger partial charge in [0.05, 0.1) is 22.3 Å². The Morgan fingerprint density at radius 2 is 2.00 bits per heavy atom. The number of anilines is 1. The standard InChI is InChI=1S/C15H12N4/c1-10-6-7-14-12(8-10)18-15(17)19(14)13-5-3-2-4-11(13)9-16/h2-8H,1H3,(H2,17,18). The Labute approximate surface area is 110 Å². The Morgan fingerprint density at radius 1 is 1.21 bits per heavy atom. The first kappa shape index (κ1) is 11.3. The molecule has 3 rings (SSSR count). The number of nitrogens with two attached hydrogens (primary N) is 1. The number of nitrogen functional groups attached to an aromatic ring is 1. The molecule has 0 aliphatic carbocycles. The van der Waals surface area contributed by atoms with E-state index in [-0.39, 0.29) is 0 Å². The van der Waals surface area contributed by atoms with Crippen molar-refractivity contribution in [2.24, 2.45) is 0 Å². The fourth-order valence-corrected chi connectivity index (χ4v) is 2.23. The maximum atomic E-state index is 9.20. The average molecular weight is 248 g/mol. The monoisotopic (exact) mass is 248 g/mol. The number of nitrogens with zero attached hydrogens (tertiary/aromatic N) is 3. The molecular weight excluding hydrogens is 236 g/mol. The Bertz CT molecular complexity index is 809. The van der Waals surface area contributed by atoms with Crippen molar-refractivity contribution in [1.82, 2.24) is 9.55 Å². The quantitative estimate of drug-likeness (QED) is 0.720. The fraction of sp³-hybridized carbons (Fsp3) is 0.0667. The van der Waals surface area contributed by atoms with Crippen molar-refractivity contribution in [3.8, 4) is 11.8 Å². The van der Waals surface area contributed by atoms with E-state index < -0.39 is 0 Å². The van der Waals surface area contributed by atoms with Gasteiger partial charge in [0, 0.05) is 0 Å². The molecule has 0 bridgehead atoms. The third-order valence-electron chi connectivity index (χ3n) is 3.10. The maximum Gasteiger partial charge on any atom is 0.205 e. The molecule has 19 heavy (non-hydrogen) atoms. The highest BCUT2D eigenvalue weighted by Gasteiger charge is 2.12. The lowest BCUT2D eigenvalue weighted by Gasteiger charge is -2.08. The van der Waals surface area contributed by atoms with Gasteiger partial charge in [-0.1, -0.05) is 18.2 Å². The van der Waals surface area contributed by atoms with Crippen molar-refractivity contribution < 1.29 is 0 Å². The minimum absolute atomic E-state index is 0.392. The number of hydrogen-bond acceptors (Lipinski definition) is 3. The van der Waals surface area contributed by atoms with E-state index in [1.54, 1.807) is 6.07 Å². The molecule has 2 aromatic carbocycles. The molecule has 0 amide bonds. The van der Waals surface area contributed by atoms with Gasteiger partial charge in [0.1, 0.15) is 6.07 Å². The summed E-state index contributed by atoms with van der Waals surface area (Å²) in [7, 11) is 0. The number of nitriles is 1. The van der Waals surface area contributed by atoms with Crippen LogP contribution in [0.4, 0.5) is 5.95 Å². The first-order chi connectivity index (χ1) is 9.20. The molecule has 0 atom stereocenters. The Kier molecular flexibility index (Phi) is 2.46. The van der Waals surface area contributed by atoms with Crippen LogP contribution in [0.1, 0.15) is 11.1 Å². The molecular formula is C15H12N4. The molecule has 0 aliphatic rings. The predicted molar refractivity (Wildman–Crippen MR) is 74.9 cm³/mol. The second-order valence-electron chi connectivity index (χ2n) is 4.43. The summed E-state index contributed by atoms with van der Waals surface area (Å²) in [5, 5.41) is 9.20. The second kappa shape index (κ2) is 4.14. The van der Waals surface area contributed by atoms with Crippen molar-refractivity contribution in [1.29, 1.82) is 5.26 Å². The first-order valence-corrected chi connectivity index (χ1v) is 5.95. The van der Waals surface area contributed by atoms with E-state index in [1.807, 2.05) is 47.9 Å². The van der Waals surface area contributed by atoms with Crippen LogP contribution in [0, 0.1) is 18.3 Å². The van der Waals surface area contributed by atoms with Crippen molar-refractivity contribution in [3.63, 3.8) is 0 Å². The van der Waals surface area contributed by atoms with Crippen LogP contribution in [0.15, 0.2) is 42.5 Å². The van der Waals surface area contributed by atoms with Gasteiger partial charge in [0.2, 0.25) is 5.95 Å². The molecule has 2 N–H and O–H groups in total. The third-order valence-corrected chi connectivity index (χ3v) is 3.10. The Balaban J connectivity index is 2.37. The van der Waals surface area contributed by atoms with Crippen molar-refractivity contribution >= 4 is 17.0 Å². The van der Waals surface area contributed by atoms with E-state index in [1.165, 1.54) is 0 Å². The van der Waals surface area contributed by atoms with Crippen LogP contribution in [0.3, 0.4) is 0 Å². The molecule has 0 saturated heterocycles. The van der Waals surface area contributed by atoms with Crippen LogP contribution in [-0.2, 0) is 0 Å². The van der Waals surface area contributed by atoms with Crippen LogP contribution in [0.25, 0.3) is 16.7 Å². The molecule has 0 unspecified atom stereocenters. The SMILES string of the molecule is Cc1ccc2c(c1)nc(N)n2-c1ccccc1C#N. The van der Waals surface area contributed by atoms with Gasteiger partial charge in [-0.2, -0.15) is 5.26 Å². The minimum Gasteiger partial charge on any atom is -0.369 e. The number of imidazole rings is 1. The number of rotatable bonds is 1. The van der Waals surface area contributed by atoms with Crippen LogP contribution in [-0.4, -0.2) is 9.55 Å². The average Bonchev–Trinajstić information content (AvgIpc) is 2.73. The number of para-hydroxylation sites is 1. The zero-order chi connectivity index (χ0) is 13.4. The van der Waals surface area contributed by atoms with E-state index in [0.29, 0.717) is 11.5 Å². The van der Waals surface area contributed by atoms with E-state index in [0.717, 1.165) is 22.3 Å². The van der Waals surface area contributed by atoms with Gasteiger partial charge in [-0.25, -0.2) is 4.98 Å². The molecule has 92 valence electrons. The van der Waals surface area contributed by atoms with E-state index in [2.05, 4.69) is 11.1 Å². The molecule has 1 heterocycles. The Hall–Kier alpha value is -2.80. The van der Waals surface area contributed by atoms with Crippen molar-refractivity contribution in [2.45, 2.75) is 6.92 Å². The molecule has 1 aromatic heterocycles. The van der Waals surface area contributed by atoms with E-state index in [4.69, 9.17) is 5.73 Å². The summed E-state index contributed by atoms with van der Waals surface area (Å²) < 4.78 is 1.81. The zero-order valence-electron chi connectivity index (χ0n) is 10.5. The lowest BCUT2D eigenvalue weighted by Crippen LogP contribution is -2.02. The second-order valence-corrected chi connectivity index (χ2v) is 4.43. The summed E-state index contributed by atoms with van der Waals surface area (Å²) in [4.78, 5) is 4.36. The largest absolute Gasteiger partial charge is 0.369 e. The molecule has 4 heteroatoms. The van der Waals surface area contributed by atoms with Gasteiger partial charge in [-0.05, 0) is 36.8 Å². The topological polar surface area (TPSA) is 67.6 Å². The molecule has 0 saturated carbocycles. The van der Waals surface area contributed by atoms with Gasteiger partial charge in [0.25, 0.3) is 0 Å². The summed E-state index contributed by atoms with van der Waals surface area (Å²) in [5.41, 5.74) is 10.2. The normalized spacial score (nSPS) is 10.5. The summed E-state index contributed by atoms with van der Waals surface area (Å²) in [6.07, 6.45) is 0. The lowest BCUT2D eigenvalue weighted by molar-refractivity contribution is 1.10. The number of aryl methyl sites for hydroxylation is 1. The molecule has 3 aromatic rings. The van der Waals surface area contributed by atoms with Crippen molar-refractivity contribution in [2.75, 3.05) is 5.73 Å². The highest BCUT2D eigenvalue weighted by atomic mass is 15.2. The van der Waals surface area contributed by atoms with Gasteiger partial charge in [0.15, 0.2) is 0 Å². The first-order valence-electron chi connectivity index (χ1n) is 5.95. The van der Waals surface area contributed by atoms with Crippen LogP contribution in [0.5, 0.6) is 0 Å². The lowest BCUT2D eigenvalue weighted by atomic mass is 10.2. The van der Waals surface area contributed by atoms with Gasteiger partial charge < -0.3 is 5.73 Å². The molecule has 0 fully saturated rings. The predicted octanol–water partition coefficient (Wildman–Crippen LogP) is 2.79. The van der Waals surface area contributed by atoms with E-state index in [9.17, 15) is 5.26 Å².